The molecule has 0 aromatic carbocycles. The summed E-state index contributed by atoms with van der Waals surface area (Å²) in [6.07, 6.45) is 3.22. The maximum Gasteiger partial charge on any atom is 0.345 e. The molecule has 0 bridgehead atoms. The minimum atomic E-state index is -0.400. The quantitative estimate of drug-likeness (QED) is 0.579. The molecule has 1 aliphatic heterocycles. The van der Waals surface area contributed by atoms with Crippen molar-refractivity contribution in [2.24, 2.45) is 0 Å². The second-order valence-corrected chi connectivity index (χ2v) is 4.07. The Kier molecular flexibility index (Phi) is 3.19. The molecule has 1 fully saturated rings. The van der Waals surface area contributed by atoms with Gasteiger partial charge in [-0.3, -0.25) is 0 Å². The van der Waals surface area contributed by atoms with Crippen molar-refractivity contribution < 1.29 is 9.66 Å². The predicted molar refractivity (Wildman–Crippen MR) is 57.2 cm³/mol. The highest BCUT2D eigenvalue weighted by Gasteiger charge is 2.22. The molecule has 1 aromatic rings. The van der Waals surface area contributed by atoms with Gasteiger partial charge in [0.1, 0.15) is 6.54 Å². The van der Waals surface area contributed by atoms with Crippen molar-refractivity contribution in [3.63, 3.8) is 0 Å². The summed E-state index contributed by atoms with van der Waals surface area (Å²) in [7, 11) is 0. The Labute approximate surface area is 93.4 Å². The van der Waals surface area contributed by atoms with Crippen LogP contribution in [-0.4, -0.2) is 27.4 Å². The van der Waals surface area contributed by atoms with E-state index < -0.39 is 4.92 Å². The van der Waals surface area contributed by atoms with Gasteiger partial charge in [0.15, 0.2) is 0 Å². The molecule has 0 spiro atoms. The fourth-order valence-corrected chi connectivity index (χ4v) is 1.96. The van der Waals surface area contributed by atoms with E-state index in [9.17, 15) is 10.1 Å². The molecule has 1 atom stereocenters. The Morgan fingerprint density at radius 1 is 1.69 bits per heavy atom. The van der Waals surface area contributed by atoms with Crippen LogP contribution in [0.25, 0.3) is 0 Å². The monoisotopic (exact) mass is 225 g/mol. The van der Waals surface area contributed by atoms with Gasteiger partial charge in [-0.05, 0) is 31.1 Å². The number of nitro groups is 1. The summed E-state index contributed by atoms with van der Waals surface area (Å²) in [5, 5.41) is 14.9. The van der Waals surface area contributed by atoms with Crippen molar-refractivity contribution in [2.45, 2.75) is 38.8 Å². The van der Waals surface area contributed by atoms with Gasteiger partial charge in [-0.2, -0.15) is 0 Å². The summed E-state index contributed by atoms with van der Waals surface area (Å²) in [5.41, 5.74) is 0.669. The van der Waals surface area contributed by atoms with Crippen LogP contribution in [0.1, 0.15) is 25.0 Å². The van der Waals surface area contributed by atoms with Crippen molar-refractivity contribution in [2.75, 3.05) is 6.61 Å². The van der Waals surface area contributed by atoms with Gasteiger partial charge in [0, 0.05) is 6.61 Å². The van der Waals surface area contributed by atoms with Crippen LogP contribution in [-0.2, 0) is 11.3 Å². The average molecular weight is 225 g/mol. The summed E-state index contributed by atoms with van der Waals surface area (Å²) in [6, 6.07) is 1.49. The Morgan fingerprint density at radius 2 is 2.50 bits per heavy atom. The number of ether oxygens (including phenoxy) is 1. The van der Waals surface area contributed by atoms with Crippen LogP contribution < -0.4 is 0 Å². The zero-order valence-corrected chi connectivity index (χ0v) is 9.26. The van der Waals surface area contributed by atoms with Gasteiger partial charge in [0.05, 0.1) is 17.9 Å². The lowest BCUT2D eigenvalue weighted by atomic mass is 10.1. The Hall–Kier alpha value is -1.43. The van der Waals surface area contributed by atoms with Crippen LogP contribution in [0.4, 0.5) is 5.82 Å². The summed E-state index contributed by atoms with van der Waals surface area (Å²) in [4.78, 5) is 10.4. The molecule has 2 rings (SSSR count). The van der Waals surface area contributed by atoms with Crippen LogP contribution in [0.3, 0.4) is 0 Å². The van der Waals surface area contributed by atoms with E-state index >= 15 is 0 Å². The molecular weight excluding hydrogens is 210 g/mol. The molecule has 16 heavy (non-hydrogen) atoms. The lowest BCUT2D eigenvalue weighted by Gasteiger charge is -2.20. The highest BCUT2D eigenvalue weighted by atomic mass is 16.6. The summed E-state index contributed by atoms with van der Waals surface area (Å²) in [6.45, 7) is 2.98. The van der Waals surface area contributed by atoms with Gasteiger partial charge in [0.2, 0.25) is 0 Å². The molecule has 1 aliphatic rings. The minimum absolute atomic E-state index is 0.0478. The van der Waals surface area contributed by atoms with Crippen LogP contribution in [0.5, 0.6) is 0 Å². The van der Waals surface area contributed by atoms with E-state index in [1.54, 1.807) is 6.92 Å². The van der Waals surface area contributed by atoms with Gasteiger partial charge in [-0.1, -0.05) is 5.10 Å². The first kappa shape index (κ1) is 11.1. The number of hydrogen-bond acceptors (Lipinski definition) is 4. The van der Waals surface area contributed by atoms with Crippen molar-refractivity contribution >= 4 is 5.82 Å². The highest BCUT2D eigenvalue weighted by molar-refractivity contribution is 5.22. The van der Waals surface area contributed by atoms with E-state index in [0.29, 0.717) is 12.2 Å². The first-order valence-corrected chi connectivity index (χ1v) is 5.47. The van der Waals surface area contributed by atoms with Gasteiger partial charge in [-0.15, -0.1) is 4.68 Å². The van der Waals surface area contributed by atoms with Crippen LogP contribution in [0, 0.1) is 17.0 Å². The molecule has 0 aliphatic carbocycles. The number of hydrogen-bond donors (Lipinski definition) is 0. The molecule has 2 heterocycles. The van der Waals surface area contributed by atoms with Crippen molar-refractivity contribution in [1.29, 1.82) is 0 Å². The zero-order valence-electron chi connectivity index (χ0n) is 9.26. The van der Waals surface area contributed by atoms with E-state index in [1.807, 2.05) is 0 Å². The van der Waals surface area contributed by atoms with E-state index in [4.69, 9.17) is 4.74 Å². The molecule has 0 amide bonds. The summed E-state index contributed by atoms with van der Waals surface area (Å²) in [5.74, 6) is 0.0478. The predicted octanol–water partition coefficient (Wildman–Crippen LogP) is 1.67. The maximum absolute atomic E-state index is 10.8. The fourth-order valence-electron chi connectivity index (χ4n) is 1.96. The number of aromatic nitrogens is 2. The van der Waals surface area contributed by atoms with Crippen LogP contribution >= 0.6 is 0 Å². The molecule has 0 saturated carbocycles. The molecule has 1 aromatic heterocycles. The number of rotatable bonds is 3. The third kappa shape index (κ3) is 2.38. The molecule has 1 saturated heterocycles. The van der Waals surface area contributed by atoms with E-state index in [0.717, 1.165) is 25.9 Å². The van der Waals surface area contributed by atoms with E-state index in [2.05, 4.69) is 5.10 Å². The SMILES string of the molecule is Cc1cc([N+](=O)[O-])n(CC2CCCCO2)n1. The largest absolute Gasteiger partial charge is 0.374 e. The summed E-state index contributed by atoms with van der Waals surface area (Å²) >= 11 is 0. The smallest absolute Gasteiger partial charge is 0.345 e. The topological polar surface area (TPSA) is 70.2 Å². The Bertz CT molecular complexity index is 383. The lowest BCUT2D eigenvalue weighted by molar-refractivity contribution is -0.393. The molecule has 0 radical (unpaired) electrons. The maximum atomic E-state index is 10.8. The fraction of sp³-hybridized carbons (Fsp3) is 0.700. The first-order chi connectivity index (χ1) is 7.66. The summed E-state index contributed by atoms with van der Waals surface area (Å²) < 4.78 is 6.98. The van der Waals surface area contributed by atoms with E-state index in [1.165, 1.54) is 10.7 Å². The zero-order chi connectivity index (χ0) is 11.5. The minimum Gasteiger partial charge on any atom is -0.374 e. The third-order valence-electron chi connectivity index (χ3n) is 2.72. The van der Waals surface area contributed by atoms with Crippen LogP contribution in [0.15, 0.2) is 6.07 Å². The molecule has 6 nitrogen and oxygen atoms in total. The Morgan fingerprint density at radius 3 is 3.12 bits per heavy atom. The Balaban J connectivity index is 2.10. The molecule has 6 heteroatoms. The molecule has 1 unspecified atom stereocenters. The molecule has 0 N–H and O–H groups in total. The third-order valence-corrected chi connectivity index (χ3v) is 2.72. The normalized spacial score (nSPS) is 20.9. The van der Waals surface area contributed by atoms with Crippen molar-refractivity contribution in [1.82, 2.24) is 9.78 Å². The van der Waals surface area contributed by atoms with Crippen molar-refractivity contribution in [3.05, 3.63) is 21.9 Å². The first-order valence-electron chi connectivity index (χ1n) is 5.47. The molecular formula is C10H15N3O3. The lowest BCUT2D eigenvalue weighted by Crippen LogP contribution is -2.25. The van der Waals surface area contributed by atoms with Gasteiger partial charge >= 0.3 is 5.82 Å². The second-order valence-electron chi connectivity index (χ2n) is 4.07. The van der Waals surface area contributed by atoms with Gasteiger partial charge in [-0.25, -0.2) is 0 Å². The molecule has 88 valence electrons. The average Bonchev–Trinajstić information content (AvgIpc) is 2.61. The number of nitrogens with zero attached hydrogens (tertiary/aromatic N) is 3. The van der Waals surface area contributed by atoms with Gasteiger partial charge in [0.25, 0.3) is 0 Å². The van der Waals surface area contributed by atoms with Crippen molar-refractivity contribution in [3.8, 4) is 0 Å². The highest BCUT2D eigenvalue weighted by Crippen LogP contribution is 2.18. The van der Waals surface area contributed by atoms with Gasteiger partial charge < -0.3 is 14.9 Å². The standard InChI is InChI=1S/C10H15N3O3/c1-8-6-10(13(14)15)12(11-8)7-9-4-2-3-5-16-9/h6,9H,2-5,7H2,1H3. The number of aryl methyl sites for hydroxylation is 1. The van der Waals surface area contributed by atoms with Crippen LogP contribution in [0.2, 0.25) is 0 Å². The second kappa shape index (κ2) is 4.61. The van der Waals surface area contributed by atoms with E-state index in [-0.39, 0.29) is 11.9 Å².